The summed E-state index contributed by atoms with van der Waals surface area (Å²) in [6.07, 6.45) is 6.91. The Labute approximate surface area is 123 Å². The minimum atomic E-state index is -0.429. The lowest BCUT2D eigenvalue weighted by atomic mass is 10.1. The smallest absolute Gasteiger partial charge is 0.269 e. The second-order valence-corrected chi connectivity index (χ2v) is 5.05. The molecule has 2 rings (SSSR count). The van der Waals surface area contributed by atoms with Gasteiger partial charge in [0.15, 0.2) is 0 Å². The van der Waals surface area contributed by atoms with Crippen LogP contribution >= 0.6 is 0 Å². The van der Waals surface area contributed by atoms with Gasteiger partial charge in [0.2, 0.25) is 5.91 Å². The molecule has 0 aliphatic heterocycles. The number of nitro groups is 1. The number of nitrogens with zero attached hydrogens (tertiary/aromatic N) is 1. The number of allylic oxidation sites excluding steroid dienone is 2. The number of rotatable bonds is 7. The Balaban J connectivity index is 1.63. The van der Waals surface area contributed by atoms with Crippen molar-refractivity contribution in [3.05, 3.63) is 46.5 Å². The zero-order chi connectivity index (χ0) is 15.1. The molecule has 1 aromatic carbocycles. The van der Waals surface area contributed by atoms with Crippen LogP contribution in [0.25, 0.3) is 0 Å². The Morgan fingerprint density at radius 3 is 2.67 bits per heavy atom. The summed E-state index contributed by atoms with van der Waals surface area (Å²) >= 11 is 0. The summed E-state index contributed by atoms with van der Waals surface area (Å²) in [4.78, 5) is 21.8. The van der Waals surface area contributed by atoms with E-state index in [2.05, 4.69) is 22.8 Å². The van der Waals surface area contributed by atoms with E-state index in [0.29, 0.717) is 25.4 Å². The summed E-state index contributed by atoms with van der Waals surface area (Å²) in [6, 6.07) is 6.22. The molecule has 1 aromatic rings. The van der Waals surface area contributed by atoms with E-state index in [9.17, 15) is 14.9 Å². The summed E-state index contributed by atoms with van der Waals surface area (Å²) in [5, 5.41) is 16.5. The van der Waals surface area contributed by atoms with Crippen molar-refractivity contribution in [2.75, 3.05) is 18.4 Å². The van der Waals surface area contributed by atoms with Gasteiger partial charge in [-0.3, -0.25) is 14.9 Å². The van der Waals surface area contributed by atoms with Crippen LogP contribution in [0.3, 0.4) is 0 Å². The molecule has 1 unspecified atom stereocenters. The molecule has 0 aromatic heterocycles. The molecule has 1 aliphatic carbocycles. The molecule has 1 aliphatic rings. The van der Waals surface area contributed by atoms with E-state index < -0.39 is 4.92 Å². The number of carbonyl (C=O) groups excluding carboxylic acids is 1. The van der Waals surface area contributed by atoms with Crippen LogP contribution in [0.5, 0.6) is 0 Å². The van der Waals surface area contributed by atoms with E-state index in [1.54, 1.807) is 12.1 Å². The Kier molecular flexibility index (Phi) is 5.31. The third-order valence-corrected chi connectivity index (χ3v) is 3.41. The largest absolute Gasteiger partial charge is 0.383 e. The third-order valence-electron chi connectivity index (χ3n) is 3.41. The second-order valence-electron chi connectivity index (χ2n) is 5.05. The van der Waals surface area contributed by atoms with Crippen molar-refractivity contribution < 1.29 is 9.72 Å². The van der Waals surface area contributed by atoms with Gasteiger partial charge in [0, 0.05) is 37.3 Å². The summed E-state index contributed by atoms with van der Waals surface area (Å²) in [5.41, 5.74) is 0.868. The topological polar surface area (TPSA) is 84.3 Å². The average molecular weight is 289 g/mol. The molecule has 1 amide bonds. The first-order valence-corrected chi connectivity index (χ1v) is 7.07. The number of amides is 1. The molecule has 0 heterocycles. The summed E-state index contributed by atoms with van der Waals surface area (Å²) < 4.78 is 0. The number of anilines is 1. The maximum Gasteiger partial charge on any atom is 0.269 e. The Hall–Kier alpha value is -2.37. The minimum absolute atomic E-state index is 0.0667. The fraction of sp³-hybridized carbons (Fsp3) is 0.400. The van der Waals surface area contributed by atoms with Crippen LogP contribution in [0.4, 0.5) is 11.4 Å². The van der Waals surface area contributed by atoms with E-state index in [-0.39, 0.29) is 11.6 Å². The molecule has 0 fully saturated rings. The van der Waals surface area contributed by atoms with Crippen LogP contribution < -0.4 is 10.6 Å². The molecular weight excluding hydrogens is 270 g/mol. The third kappa shape index (κ3) is 4.91. The molecule has 0 radical (unpaired) electrons. The van der Waals surface area contributed by atoms with E-state index in [0.717, 1.165) is 18.5 Å². The average Bonchev–Trinajstić information content (AvgIpc) is 2.97. The van der Waals surface area contributed by atoms with Crippen LogP contribution in [-0.2, 0) is 4.79 Å². The second kappa shape index (κ2) is 7.42. The van der Waals surface area contributed by atoms with Crippen molar-refractivity contribution in [2.45, 2.75) is 19.3 Å². The number of non-ortho nitro benzene ring substituents is 1. The number of benzene rings is 1. The van der Waals surface area contributed by atoms with Crippen molar-refractivity contribution in [2.24, 2.45) is 5.92 Å². The van der Waals surface area contributed by atoms with Crippen LogP contribution in [0.2, 0.25) is 0 Å². The number of nitrogens with one attached hydrogen (secondary N) is 2. The fourth-order valence-corrected chi connectivity index (χ4v) is 2.29. The molecule has 0 spiro atoms. The number of nitro benzene ring substituents is 1. The predicted octanol–water partition coefficient (Wildman–Crippen LogP) is 2.48. The molecule has 0 saturated carbocycles. The number of carbonyl (C=O) groups is 1. The lowest BCUT2D eigenvalue weighted by Gasteiger charge is -2.10. The van der Waals surface area contributed by atoms with E-state index >= 15 is 0 Å². The predicted molar refractivity (Wildman–Crippen MR) is 81.1 cm³/mol. The van der Waals surface area contributed by atoms with Gasteiger partial charge in [0.1, 0.15) is 0 Å². The molecule has 0 bridgehead atoms. The van der Waals surface area contributed by atoms with Gasteiger partial charge in [0.05, 0.1) is 4.92 Å². The number of hydrogen-bond acceptors (Lipinski definition) is 4. The maximum atomic E-state index is 11.7. The highest BCUT2D eigenvalue weighted by molar-refractivity contribution is 5.76. The standard InChI is InChI=1S/C15H19N3O3/c19-15(11-12-3-1-2-4-12)17-10-9-16-13-5-7-14(8-6-13)18(20)21/h1,3,5-8,12,16H,2,4,9-11H2,(H,17,19). The fourth-order valence-electron chi connectivity index (χ4n) is 2.29. The van der Waals surface area contributed by atoms with E-state index in [4.69, 9.17) is 0 Å². The summed E-state index contributed by atoms with van der Waals surface area (Å²) in [6.45, 7) is 1.12. The Morgan fingerprint density at radius 2 is 2.05 bits per heavy atom. The van der Waals surface area contributed by atoms with E-state index in [1.807, 2.05) is 0 Å². The van der Waals surface area contributed by atoms with Gasteiger partial charge in [-0.2, -0.15) is 0 Å². The molecule has 1 atom stereocenters. The van der Waals surface area contributed by atoms with Crippen LogP contribution in [0.15, 0.2) is 36.4 Å². The normalized spacial score (nSPS) is 16.7. The Morgan fingerprint density at radius 1 is 1.29 bits per heavy atom. The molecular formula is C15H19N3O3. The van der Waals surface area contributed by atoms with Crippen LogP contribution in [-0.4, -0.2) is 23.9 Å². The van der Waals surface area contributed by atoms with Crippen molar-refractivity contribution in [3.63, 3.8) is 0 Å². The molecule has 2 N–H and O–H groups in total. The highest BCUT2D eigenvalue weighted by Crippen LogP contribution is 2.19. The minimum Gasteiger partial charge on any atom is -0.383 e. The SMILES string of the molecule is O=C(CC1C=CCC1)NCCNc1ccc([N+](=O)[O-])cc1. The van der Waals surface area contributed by atoms with Crippen molar-refractivity contribution in [3.8, 4) is 0 Å². The van der Waals surface area contributed by atoms with Gasteiger partial charge in [0.25, 0.3) is 5.69 Å². The van der Waals surface area contributed by atoms with Gasteiger partial charge in [-0.15, -0.1) is 0 Å². The zero-order valence-electron chi connectivity index (χ0n) is 11.7. The van der Waals surface area contributed by atoms with Crippen molar-refractivity contribution in [1.82, 2.24) is 5.32 Å². The molecule has 6 heteroatoms. The van der Waals surface area contributed by atoms with Crippen LogP contribution in [0.1, 0.15) is 19.3 Å². The molecule has 6 nitrogen and oxygen atoms in total. The number of hydrogen-bond donors (Lipinski definition) is 2. The lowest BCUT2D eigenvalue weighted by molar-refractivity contribution is -0.384. The lowest BCUT2D eigenvalue weighted by Crippen LogP contribution is -2.29. The van der Waals surface area contributed by atoms with Crippen molar-refractivity contribution in [1.29, 1.82) is 0 Å². The highest BCUT2D eigenvalue weighted by atomic mass is 16.6. The van der Waals surface area contributed by atoms with Gasteiger partial charge in [-0.25, -0.2) is 0 Å². The van der Waals surface area contributed by atoms with E-state index in [1.165, 1.54) is 12.1 Å². The first kappa shape index (κ1) is 15.0. The van der Waals surface area contributed by atoms with Crippen molar-refractivity contribution >= 4 is 17.3 Å². The van der Waals surface area contributed by atoms with Gasteiger partial charge < -0.3 is 10.6 Å². The highest BCUT2D eigenvalue weighted by Gasteiger charge is 2.13. The first-order valence-electron chi connectivity index (χ1n) is 7.07. The molecule has 112 valence electrons. The van der Waals surface area contributed by atoms with Gasteiger partial charge >= 0.3 is 0 Å². The monoisotopic (exact) mass is 289 g/mol. The van der Waals surface area contributed by atoms with Gasteiger partial charge in [-0.05, 0) is 30.9 Å². The summed E-state index contributed by atoms with van der Waals surface area (Å²) in [7, 11) is 0. The molecule has 21 heavy (non-hydrogen) atoms. The maximum absolute atomic E-state index is 11.7. The zero-order valence-corrected chi connectivity index (χ0v) is 11.7. The first-order chi connectivity index (χ1) is 10.1. The molecule has 0 saturated heterocycles. The quantitative estimate of drug-likeness (QED) is 0.349. The van der Waals surface area contributed by atoms with Gasteiger partial charge in [-0.1, -0.05) is 12.2 Å². The summed E-state index contributed by atoms with van der Waals surface area (Å²) in [5.74, 6) is 0.449. The van der Waals surface area contributed by atoms with Crippen LogP contribution in [0, 0.1) is 16.0 Å². The Bertz CT molecular complexity index is 525.